The summed E-state index contributed by atoms with van der Waals surface area (Å²) in [6.07, 6.45) is 2.19. The van der Waals surface area contributed by atoms with E-state index < -0.39 is 0 Å². The summed E-state index contributed by atoms with van der Waals surface area (Å²) in [7, 11) is 0. The Morgan fingerprint density at radius 2 is 1.91 bits per heavy atom. The van der Waals surface area contributed by atoms with Gasteiger partial charge in [-0.2, -0.15) is 5.26 Å². The second kappa shape index (κ2) is 7.08. The van der Waals surface area contributed by atoms with E-state index in [2.05, 4.69) is 9.80 Å². The fourth-order valence-corrected chi connectivity index (χ4v) is 3.34. The normalized spacial score (nSPS) is 20.8. The number of rotatable bonds is 3. The Bertz CT molecular complexity index is 543. The van der Waals surface area contributed by atoms with E-state index in [1.165, 1.54) is 6.07 Å². The van der Waals surface area contributed by atoms with Crippen LogP contribution >= 0.6 is 0 Å². The van der Waals surface area contributed by atoms with E-state index in [1.807, 2.05) is 6.07 Å². The molecule has 0 spiro atoms. The van der Waals surface area contributed by atoms with Crippen LogP contribution in [0.15, 0.2) is 18.2 Å². The average Bonchev–Trinajstić information content (AvgIpc) is 2.56. The van der Waals surface area contributed by atoms with Gasteiger partial charge in [-0.15, -0.1) is 0 Å². The van der Waals surface area contributed by atoms with Gasteiger partial charge in [-0.25, -0.2) is 4.39 Å². The van der Waals surface area contributed by atoms with Crippen molar-refractivity contribution in [1.82, 2.24) is 4.90 Å². The summed E-state index contributed by atoms with van der Waals surface area (Å²) in [5.74, 6) is 0.404. The molecule has 5 heteroatoms. The van der Waals surface area contributed by atoms with Crippen LogP contribution in [0, 0.1) is 23.1 Å². The fraction of sp³-hybridized carbons (Fsp3) is 0.588. The molecule has 0 atom stereocenters. The number of morpholine rings is 1. The number of anilines is 1. The van der Waals surface area contributed by atoms with Gasteiger partial charge < -0.3 is 9.64 Å². The van der Waals surface area contributed by atoms with Gasteiger partial charge in [-0.3, -0.25) is 4.90 Å². The van der Waals surface area contributed by atoms with Crippen LogP contribution in [0.3, 0.4) is 0 Å². The number of halogens is 1. The van der Waals surface area contributed by atoms with Crippen molar-refractivity contribution in [2.75, 3.05) is 50.8 Å². The Morgan fingerprint density at radius 3 is 2.55 bits per heavy atom. The number of nitrogens with zero attached hydrogens (tertiary/aromatic N) is 3. The van der Waals surface area contributed by atoms with E-state index in [0.29, 0.717) is 17.2 Å². The van der Waals surface area contributed by atoms with E-state index in [4.69, 9.17) is 10.00 Å². The molecule has 2 heterocycles. The molecule has 4 nitrogen and oxygen atoms in total. The lowest BCUT2D eigenvalue weighted by Gasteiger charge is -2.37. The molecule has 118 valence electrons. The highest BCUT2D eigenvalue weighted by molar-refractivity contribution is 5.51. The standard InChI is InChI=1S/C17H22FN3O/c18-16-11-15(12-19)1-2-17(16)21-5-3-14(4-6-21)13-20-7-9-22-10-8-20/h1-2,11,14H,3-10,13H2. The first-order valence-corrected chi connectivity index (χ1v) is 8.01. The summed E-state index contributed by atoms with van der Waals surface area (Å²) < 4.78 is 19.5. The summed E-state index contributed by atoms with van der Waals surface area (Å²) in [6, 6.07) is 6.73. The number of hydrogen-bond acceptors (Lipinski definition) is 4. The maximum atomic E-state index is 14.1. The molecule has 2 fully saturated rings. The maximum Gasteiger partial charge on any atom is 0.147 e. The summed E-state index contributed by atoms with van der Waals surface area (Å²) in [5, 5.41) is 8.81. The lowest BCUT2D eigenvalue weighted by atomic mass is 9.95. The van der Waals surface area contributed by atoms with Crippen LogP contribution in [-0.4, -0.2) is 50.8 Å². The zero-order chi connectivity index (χ0) is 15.4. The van der Waals surface area contributed by atoms with Crippen LogP contribution in [0.2, 0.25) is 0 Å². The third-order valence-electron chi connectivity index (χ3n) is 4.65. The van der Waals surface area contributed by atoms with Crippen molar-refractivity contribution in [3.63, 3.8) is 0 Å². The number of ether oxygens (including phenoxy) is 1. The van der Waals surface area contributed by atoms with E-state index in [1.54, 1.807) is 12.1 Å². The quantitative estimate of drug-likeness (QED) is 0.858. The molecule has 0 aromatic heterocycles. The number of benzene rings is 1. The third-order valence-corrected chi connectivity index (χ3v) is 4.65. The van der Waals surface area contributed by atoms with E-state index in [0.717, 1.165) is 58.8 Å². The van der Waals surface area contributed by atoms with Crippen molar-refractivity contribution in [2.45, 2.75) is 12.8 Å². The highest BCUT2D eigenvalue weighted by atomic mass is 19.1. The van der Waals surface area contributed by atoms with Gasteiger partial charge in [0.25, 0.3) is 0 Å². The predicted octanol–water partition coefficient (Wildman–Crippen LogP) is 2.25. The van der Waals surface area contributed by atoms with Gasteiger partial charge in [0.05, 0.1) is 30.5 Å². The molecule has 0 radical (unpaired) electrons. The van der Waals surface area contributed by atoms with Crippen molar-refractivity contribution in [3.8, 4) is 6.07 Å². The third kappa shape index (κ3) is 3.57. The van der Waals surface area contributed by atoms with Gasteiger partial charge in [-0.05, 0) is 37.0 Å². The molecule has 1 aromatic rings. The predicted molar refractivity (Wildman–Crippen MR) is 83.3 cm³/mol. The highest BCUT2D eigenvalue weighted by Crippen LogP contribution is 2.26. The number of hydrogen-bond donors (Lipinski definition) is 0. The number of nitriles is 1. The minimum absolute atomic E-state index is 0.286. The Balaban J connectivity index is 1.54. The first-order valence-electron chi connectivity index (χ1n) is 8.01. The first kappa shape index (κ1) is 15.3. The lowest BCUT2D eigenvalue weighted by Crippen LogP contribution is -2.43. The molecule has 0 aliphatic carbocycles. The molecule has 0 unspecified atom stereocenters. The van der Waals surface area contributed by atoms with Gasteiger partial charge in [-0.1, -0.05) is 0 Å². The van der Waals surface area contributed by atoms with Gasteiger partial charge in [0.15, 0.2) is 0 Å². The van der Waals surface area contributed by atoms with Crippen LogP contribution in [0.4, 0.5) is 10.1 Å². The minimum atomic E-state index is -0.286. The monoisotopic (exact) mass is 303 g/mol. The molecule has 0 N–H and O–H groups in total. The number of piperidine rings is 1. The first-order chi connectivity index (χ1) is 10.8. The van der Waals surface area contributed by atoms with Gasteiger partial charge >= 0.3 is 0 Å². The van der Waals surface area contributed by atoms with Crippen LogP contribution in [-0.2, 0) is 4.74 Å². The lowest BCUT2D eigenvalue weighted by molar-refractivity contribution is 0.0289. The Labute approximate surface area is 131 Å². The zero-order valence-corrected chi connectivity index (χ0v) is 12.8. The molecule has 0 amide bonds. The van der Waals surface area contributed by atoms with Gasteiger partial charge in [0, 0.05) is 32.7 Å². The van der Waals surface area contributed by atoms with E-state index in [-0.39, 0.29) is 5.82 Å². The second-order valence-electron chi connectivity index (χ2n) is 6.12. The maximum absolute atomic E-state index is 14.1. The van der Waals surface area contributed by atoms with Crippen molar-refractivity contribution < 1.29 is 9.13 Å². The average molecular weight is 303 g/mol. The molecular weight excluding hydrogens is 281 g/mol. The van der Waals surface area contributed by atoms with Crippen molar-refractivity contribution in [1.29, 1.82) is 5.26 Å². The van der Waals surface area contributed by atoms with Crippen molar-refractivity contribution in [2.24, 2.45) is 5.92 Å². The molecule has 22 heavy (non-hydrogen) atoms. The molecule has 0 saturated carbocycles. The molecular formula is C17H22FN3O. The fourth-order valence-electron chi connectivity index (χ4n) is 3.34. The topological polar surface area (TPSA) is 39.5 Å². The SMILES string of the molecule is N#Cc1ccc(N2CCC(CN3CCOCC3)CC2)c(F)c1. The second-order valence-corrected chi connectivity index (χ2v) is 6.12. The molecule has 2 aliphatic heterocycles. The van der Waals surface area contributed by atoms with Crippen LogP contribution in [0.5, 0.6) is 0 Å². The van der Waals surface area contributed by atoms with Crippen molar-refractivity contribution >= 4 is 5.69 Å². The van der Waals surface area contributed by atoms with Crippen LogP contribution < -0.4 is 4.90 Å². The summed E-state index contributed by atoms with van der Waals surface area (Å²) in [6.45, 7) is 6.65. The molecule has 0 bridgehead atoms. The summed E-state index contributed by atoms with van der Waals surface area (Å²) >= 11 is 0. The van der Waals surface area contributed by atoms with Gasteiger partial charge in [0.2, 0.25) is 0 Å². The summed E-state index contributed by atoms with van der Waals surface area (Å²) in [4.78, 5) is 4.58. The smallest absolute Gasteiger partial charge is 0.147 e. The minimum Gasteiger partial charge on any atom is -0.379 e. The largest absolute Gasteiger partial charge is 0.379 e. The van der Waals surface area contributed by atoms with Crippen LogP contribution in [0.1, 0.15) is 18.4 Å². The molecule has 1 aromatic carbocycles. The van der Waals surface area contributed by atoms with Crippen LogP contribution in [0.25, 0.3) is 0 Å². The van der Waals surface area contributed by atoms with E-state index in [9.17, 15) is 4.39 Å². The van der Waals surface area contributed by atoms with Crippen molar-refractivity contribution in [3.05, 3.63) is 29.6 Å². The zero-order valence-electron chi connectivity index (χ0n) is 12.8. The molecule has 2 aliphatic rings. The Morgan fingerprint density at radius 1 is 1.18 bits per heavy atom. The molecule has 2 saturated heterocycles. The Kier molecular flexibility index (Phi) is 4.91. The van der Waals surface area contributed by atoms with Gasteiger partial charge in [0.1, 0.15) is 5.82 Å². The van der Waals surface area contributed by atoms with E-state index >= 15 is 0 Å². The highest BCUT2D eigenvalue weighted by Gasteiger charge is 2.23. The summed E-state index contributed by atoms with van der Waals surface area (Å²) in [5.41, 5.74) is 1.01. The Hall–Kier alpha value is -1.64. The molecule has 3 rings (SSSR count).